The summed E-state index contributed by atoms with van der Waals surface area (Å²) >= 11 is 0. The molecule has 0 spiro atoms. The topological polar surface area (TPSA) is 110 Å². The molecule has 4 aromatic rings. The van der Waals surface area contributed by atoms with Gasteiger partial charge < -0.3 is 25.0 Å². The minimum atomic E-state index is -0.466. The number of hydrogen-bond donors (Lipinski definition) is 3. The Morgan fingerprint density at radius 2 is 1.69 bits per heavy atom. The third kappa shape index (κ3) is 6.00. The summed E-state index contributed by atoms with van der Waals surface area (Å²) in [5.74, 6) is -0.569. The lowest BCUT2D eigenvalue weighted by Crippen LogP contribution is -2.47. The molecule has 1 aromatic heterocycles. The molecule has 1 aliphatic rings. The number of nitrogens with zero attached hydrogens (tertiary/aromatic N) is 3. The molecule has 1 saturated heterocycles. The fraction of sp³-hybridized carbons (Fsp3) is 0.233. The van der Waals surface area contributed by atoms with Crippen LogP contribution in [0.1, 0.15) is 21.5 Å². The van der Waals surface area contributed by atoms with Crippen molar-refractivity contribution in [2.24, 2.45) is 4.99 Å². The molecular formula is C30H31N5O4. The van der Waals surface area contributed by atoms with Crippen LogP contribution in [0.25, 0.3) is 10.9 Å². The van der Waals surface area contributed by atoms with Crippen molar-refractivity contribution in [2.45, 2.75) is 0 Å². The Morgan fingerprint density at radius 3 is 2.38 bits per heavy atom. The van der Waals surface area contributed by atoms with Gasteiger partial charge in [-0.15, -0.1) is 0 Å². The number of fused-ring (bicyclic) bond motifs is 1. The summed E-state index contributed by atoms with van der Waals surface area (Å²) in [4.78, 5) is 37.0. The number of H-pyrrole nitrogens is 1. The largest absolute Gasteiger partial charge is 0.494 e. The van der Waals surface area contributed by atoms with Crippen LogP contribution in [0.5, 0.6) is 5.88 Å². The van der Waals surface area contributed by atoms with Crippen molar-refractivity contribution in [3.63, 3.8) is 0 Å². The van der Waals surface area contributed by atoms with Crippen LogP contribution < -0.4 is 5.32 Å². The van der Waals surface area contributed by atoms with E-state index in [1.54, 1.807) is 18.2 Å². The molecule has 0 radical (unpaired) electrons. The van der Waals surface area contributed by atoms with E-state index in [4.69, 9.17) is 9.73 Å². The first kappa shape index (κ1) is 26.1. The van der Waals surface area contributed by atoms with E-state index < -0.39 is 5.97 Å². The number of aliphatic imine (C=N–C) groups is 1. The van der Waals surface area contributed by atoms with Gasteiger partial charge in [0, 0.05) is 48.3 Å². The molecule has 5 rings (SSSR count). The van der Waals surface area contributed by atoms with Gasteiger partial charge >= 0.3 is 5.97 Å². The number of carbonyl (C=O) groups excluding carboxylic acids is 2. The number of rotatable bonds is 7. The third-order valence-corrected chi connectivity index (χ3v) is 6.84. The maximum Gasteiger partial charge on any atom is 0.337 e. The highest BCUT2D eigenvalue weighted by atomic mass is 16.5. The average molecular weight is 526 g/mol. The number of likely N-dealkylation sites (N-methyl/N-ethyl adjacent to an activating group) is 1. The third-order valence-electron chi connectivity index (χ3n) is 6.84. The van der Waals surface area contributed by atoms with Crippen LogP contribution in [0.3, 0.4) is 0 Å². The van der Waals surface area contributed by atoms with Crippen LogP contribution in [0.15, 0.2) is 77.8 Å². The lowest BCUT2D eigenvalue weighted by atomic mass is 9.99. The quantitative estimate of drug-likeness (QED) is 0.248. The van der Waals surface area contributed by atoms with Gasteiger partial charge in [0.1, 0.15) is 0 Å². The second kappa shape index (κ2) is 11.5. The fourth-order valence-corrected chi connectivity index (χ4v) is 4.68. The highest BCUT2D eigenvalue weighted by Crippen LogP contribution is 2.32. The second-order valence-corrected chi connectivity index (χ2v) is 9.60. The second-order valence-electron chi connectivity index (χ2n) is 9.60. The van der Waals surface area contributed by atoms with Crippen LogP contribution >= 0.6 is 0 Å². The number of amides is 1. The zero-order valence-electron chi connectivity index (χ0n) is 22.0. The zero-order valence-corrected chi connectivity index (χ0v) is 22.0. The Labute approximate surface area is 226 Å². The molecule has 200 valence electrons. The van der Waals surface area contributed by atoms with E-state index in [1.807, 2.05) is 54.6 Å². The summed E-state index contributed by atoms with van der Waals surface area (Å²) in [6.45, 7) is 4.03. The van der Waals surface area contributed by atoms with Crippen molar-refractivity contribution in [3.8, 4) is 5.88 Å². The number of hydrogen-bond acceptors (Lipinski definition) is 7. The van der Waals surface area contributed by atoms with E-state index in [0.29, 0.717) is 45.7 Å². The van der Waals surface area contributed by atoms with Gasteiger partial charge in [-0.25, -0.2) is 9.79 Å². The summed E-state index contributed by atoms with van der Waals surface area (Å²) < 4.78 is 4.88. The van der Waals surface area contributed by atoms with Gasteiger partial charge in [-0.1, -0.05) is 30.3 Å². The molecule has 0 unspecified atom stereocenters. The first-order valence-electron chi connectivity index (χ1n) is 12.8. The van der Waals surface area contributed by atoms with Crippen molar-refractivity contribution >= 4 is 39.9 Å². The highest BCUT2D eigenvalue weighted by molar-refractivity contribution is 6.22. The number of esters is 1. The summed E-state index contributed by atoms with van der Waals surface area (Å²) in [5.41, 5.74) is 4.17. The Balaban J connectivity index is 1.44. The molecule has 39 heavy (non-hydrogen) atoms. The fourth-order valence-electron chi connectivity index (χ4n) is 4.68. The monoisotopic (exact) mass is 525 g/mol. The van der Waals surface area contributed by atoms with Crippen LogP contribution in [0.4, 0.5) is 11.4 Å². The smallest absolute Gasteiger partial charge is 0.337 e. The van der Waals surface area contributed by atoms with E-state index in [1.165, 1.54) is 7.11 Å². The number of methoxy groups -OCH3 is 1. The zero-order chi connectivity index (χ0) is 27.4. The number of benzene rings is 3. The average Bonchev–Trinajstić information content (AvgIpc) is 3.28. The summed E-state index contributed by atoms with van der Waals surface area (Å²) in [6.07, 6.45) is 0. The summed E-state index contributed by atoms with van der Waals surface area (Å²) in [6, 6.07) is 21.8. The van der Waals surface area contributed by atoms with Crippen LogP contribution in [0.2, 0.25) is 0 Å². The molecule has 3 N–H and O–H groups in total. The van der Waals surface area contributed by atoms with Crippen molar-refractivity contribution in [3.05, 3.63) is 89.5 Å². The standard InChI is InChI=1S/C30H31N5O4/c1-34-14-16-35(17-15-34)19-26(36)31-22-9-11-23(12-10-22)32-28(20-6-4-3-5-7-20)27-24-18-21(30(38)39-2)8-13-25(24)33-29(27)37/h3-13,18,33,37H,14-17,19H2,1-2H3,(H,31,36). The molecule has 9 heteroatoms. The summed E-state index contributed by atoms with van der Waals surface area (Å²) in [5, 5.41) is 14.5. The Bertz CT molecular complexity index is 1500. The van der Waals surface area contributed by atoms with Crippen LogP contribution in [-0.4, -0.2) is 84.4 Å². The lowest BCUT2D eigenvalue weighted by Gasteiger charge is -2.31. The van der Waals surface area contributed by atoms with Crippen molar-refractivity contribution < 1.29 is 19.4 Å². The number of aromatic amines is 1. The van der Waals surface area contributed by atoms with Gasteiger partial charge in [-0.05, 0) is 49.5 Å². The summed E-state index contributed by atoms with van der Waals surface area (Å²) in [7, 11) is 3.42. The van der Waals surface area contributed by atoms with Crippen molar-refractivity contribution in [1.82, 2.24) is 14.8 Å². The Hall–Kier alpha value is -4.47. The molecule has 0 saturated carbocycles. The molecule has 1 amide bonds. The minimum absolute atomic E-state index is 0.0501. The molecule has 0 aliphatic carbocycles. The van der Waals surface area contributed by atoms with Gasteiger partial charge in [-0.2, -0.15) is 0 Å². The maximum atomic E-state index is 12.6. The number of carbonyl (C=O) groups is 2. The van der Waals surface area contributed by atoms with E-state index >= 15 is 0 Å². The minimum Gasteiger partial charge on any atom is -0.494 e. The number of nitrogens with one attached hydrogen (secondary N) is 2. The van der Waals surface area contributed by atoms with Crippen LogP contribution in [-0.2, 0) is 9.53 Å². The molecule has 0 bridgehead atoms. The van der Waals surface area contributed by atoms with E-state index in [2.05, 4.69) is 27.1 Å². The Morgan fingerprint density at radius 1 is 0.974 bits per heavy atom. The first-order valence-corrected chi connectivity index (χ1v) is 12.8. The molecule has 3 aromatic carbocycles. The number of ether oxygens (including phenoxy) is 1. The number of aromatic nitrogens is 1. The predicted octanol–water partition coefficient (Wildman–Crippen LogP) is 4.02. The van der Waals surface area contributed by atoms with E-state index in [0.717, 1.165) is 31.7 Å². The lowest BCUT2D eigenvalue weighted by molar-refractivity contribution is -0.117. The van der Waals surface area contributed by atoms with Gasteiger partial charge in [0.2, 0.25) is 5.91 Å². The normalized spacial score (nSPS) is 14.9. The van der Waals surface area contributed by atoms with E-state index in [-0.39, 0.29) is 11.8 Å². The van der Waals surface area contributed by atoms with E-state index in [9.17, 15) is 14.7 Å². The first-order chi connectivity index (χ1) is 18.9. The van der Waals surface area contributed by atoms with Gasteiger partial charge in [0.05, 0.1) is 36.2 Å². The predicted molar refractivity (Wildman–Crippen MR) is 152 cm³/mol. The van der Waals surface area contributed by atoms with Gasteiger partial charge in [-0.3, -0.25) is 9.69 Å². The number of anilines is 1. The maximum absolute atomic E-state index is 12.6. The number of piperazine rings is 1. The molecule has 2 heterocycles. The van der Waals surface area contributed by atoms with Gasteiger partial charge in [0.15, 0.2) is 5.88 Å². The molecular weight excluding hydrogens is 494 g/mol. The molecule has 1 aliphatic heterocycles. The van der Waals surface area contributed by atoms with Crippen molar-refractivity contribution in [2.75, 3.05) is 52.2 Å². The molecule has 0 atom stereocenters. The SMILES string of the molecule is COC(=O)c1ccc2[nH]c(O)c(C(=Nc3ccc(NC(=O)CN4CCN(C)CC4)cc3)c3ccccc3)c2c1. The number of aromatic hydroxyl groups is 1. The highest BCUT2D eigenvalue weighted by Gasteiger charge is 2.20. The molecule has 9 nitrogen and oxygen atoms in total. The van der Waals surface area contributed by atoms with Crippen LogP contribution in [0, 0.1) is 0 Å². The Kier molecular flexibility index (Phi) is 7.72. The van der Waals surface area contributed by atoms with Gasteiger partial charge in [0.25, 0.3) is 0 Å². The van der Waals surface area contributed by atoms with Crippen molar-refractivity contribution in [1.29, 1.82) is 0 Å². The molecule has 1 fully saturated rings.